The molecule has 2 aromatic rings. The molecule has 0 bridgehead atoms. The number of nitrogens with one attached hydrogen (secondary N) is 1. The molecule has 132 valence electrons. The highest BCUT2D eigenvalue weighted by Crippen LogP contribution is 2.21. The summed E-state index contributed by atoms with van der Waals surface area (Å²) in [6.45, 7) is 9.80. The molecule has 1 aliphatic rings. The lowest BCUT2D eigenvalue weighted by Gasteiger charge is -2.30. The molecule has 1 amide bonds. The van der Waals surface area contributed by atoms with Crippen LogP contribution in [0.25, 0.3) is 0 Å². The van der Waals surface area contributed by atoms with Crippen LogP contribution in [0.3, 0.4) is 0 Å². The minimum Gasteiger partial charge on any atom is -0.340 e. The average Bonchev–Trinajstić information content (AvgIpc) is 2.57. The molecule has 25 heavy (non-hydrogen) atoms. The molecule has 1 saturated heterocycles. The Morgan fingerprint density at radius 1 is 1.16 bits per heavy atom. The molecule has 5 nitrogen and oxygen atoms in total. The fourth-order valence-electron chi connectivity index (χ4n) is 3.24. The van der Waals surface area contributed by atoms with Crippen LogP contribution in [0.2, 0.25) is 0 Å². The van der Waals surface area contributed by atoms with Crippen molar-refractivity contribution in [2.45, 2.75) is 40.5 Å². The number of carbonyl (C=O) groups excluding carboxylic acids is 1. The molecule has 0 spiro atoms. The van der Waals surface area contributed by atoms with E-state index in [0.717, 1.165) is 25.2 Å². The summed E-state index contributed by atoms with van der Waals surface area (Å²) in [6.07, 6.45) is 2.25. The van der Waals surface area contributed by atoms with Crippen molar-refractivity contribution in [2.24, 2.45) is 5.92 Å². The SMILES string of the molecule is Cc1nc(Nc2ccc(C)c(C)c2)cc(C(=O)N2CCCC(C)C2)n1. The molecule has 1 N–H and O–H groups in total. The molecule has 1 aromatic carbocycles. The lowest BCUT2D eigenvalue weighted by atomic mass is 10.00. The number of aryl methyl sites for hydroxylation is 3. The summed E-state index contributed by atoms with van der Waals surface area (Å²) in [6, 6.07) is 7.94. The van der Waals surface area contributed by atoms with E-state index in [1.54, 1.807) is 6.07 Å². The van der Waals surface area contributed by atoms with Gasteiger partial charge in [0.1, 0.15) is 17.3 Å². The van der Waals surface area contributed by atoms with Crippen molar-refractivity contribution in [3.05, 3.63) is 46.9 Å². The summed E-state index contributed by atoms with van der Waals surface area (Å²) in [4.78, 5) is 23.5. The average molecular weight is 338 g/mol. The molecule has 5 heteroatoms. The molecular formula is C20H26N4O. The number of benzene rings is 1. The van der Waals surface area contributed by atoms with E-state index in [2.05, 4.69) is 48.2 Å². The lowest BCUT2D eigenvalue weighted by Crippen LogP contribution is -2.39. The maximum atomic E-state index is 12.8. The van der Waals surface area contributed by atoms with Gasteiger partial charge in [0.05, 0.1) is 0 Å². The number of hydrogen-bond acceptors (Lipinski definition) is 4. The number of carbonyl (C=O) groups is 1. The second-order valence-corrected chi connectivity index (χ2v) is 7.11. The Labute approximate surface area is 149 Å². The van der Waals surface area contributed by atoms with Crippen LogP contribution in [0.1, 0.15) is 47.2 Å². The number of aromatic nitrogens is 2. The van der Waals surface area contributed by atoms with Crippen molar-refractivity contribution in [3.63, 3.8) is 0 Å². The second kappa shape index (κ2) is 7.21. The Bertz CT molecular complexity index is 787. The fourth-order valence-corrected chi connectivity index (χ4v) is 3.24. The zero-order chi connectivity index (χ0) is 18.0. The van der Waals surface area contributed by atoms with E-state index in [1.807, 2.05) is 17.9 Å². The van der Waals surface area contributed by atoms with Crippen LogP contribution in [-0.2, 0) is 0 Å². The van der Waals surface area contributed by atoms with E-state index in [-0.39, 0.29) is 5.91 Å². The van der Waals surface area contributed by atoms with Crippen LogP contribution >= 0.6 is 0 Å². The van der Waals surface area contributed by atoms with Crippen LogP contribution in [0.15, 0.2) is 24.3 Å². The molecular weight excluding hydrogens is 312 g/mol. The van der Waals surface area contributed by atoms with Crippen molar-refractivity contribution in [3.8, 4) is 0 Å². The highest BCUT2D eigenvalue weighted by molar-refractivity contribution is 5.93. The van der Waals surface area contributed by atoms with E-state index in [9.17, 15) is 4.79 Å². The van der Waals surface area contributed by atoms with Gasteiger partial charge in [0.2, 0.25) is 0 Å². The van der Waals surface area contributed by atoms with Gasteiger partial charge < -0.3 is 10.2 Å². The van der Waals surface area contributed by atoms with Gasteiger partial charge in [-0.2, -0.15) is 0 Å². The van der Waals surface area contributed by atoms with Gasteiger partial charge in [0, 0.05) is 24.8 Å². The first-order valence-electron chi connectivity index (χ1n) is 8.91. The molecule has 1 fully saturated rings. The van der Waals surface area contributed by atoms with Crippen LogP contribution in [0.5, 0.6) is 0 Å². The van der Waals surface area contributed by atoms with Crippen LogP contribution in [0.4, 0.5) is 11.5 Å². The summed E-state index contributed by atoms with van der Waals surface area (Å²) in [5.74, 6) is 1.81. The topological polar surface area (TPSA) is 58.1 Å². The van der Waals surface area contributed by atoms with Crippen molar-refractivity contribution in [2.75, 3.05) is 18.4 Å². The van der Waals surface area contributed by atoms with Crippen LogP contribution in [0, 0.1) is 26.7 Å². The normalized spacial score (nSPS) is 17.4. The van der Waals surface area contributed by atoms with E-state index in [1.165, 1.54) is 17.5 Å². The third-order valence-electron chi connectivity index (χ3n) is 4.78. The standard InChI is InChI=1S/C20H26N4O/c1-13-6-5-9-24(12-13)20(25)18-11-19(22-16(4)21-18)23-17-8-7-14(2)15(3)10-17/h7-8,10-11,13H,5-6,9,12H2,1-4H3,(H,21,22,23). The molecule has 0 radical (unpaired) electrons. The van der Waals surface area contributed by atoms with Gasteiger partial charge in [-0.15, -0.1) is 0 Å². The van der Waals surface area contributed by atoms with Gasteiger partial charge in [-0.1, -0.05) is 13.0 Å². The maximum Gasteiger partial charge on any atom is 0.272 e. The van der Waals surface area contributed by atoms with Gasteiger partial charge in [0.15, 0.2) is 0 Å². The van der Waals surface area contributed by atoms with Gasteiger partial charge >= 0.3 is 0 Å². The first-order valence-corrected chi connectivity index (χ1v) is 8.91. The monoisotopic (exact) mass is 338 g/mol. The number of amides is 1. The smallest absolute Gasteiger partial charge is 0.272 e. The molecule has 1 atom stereocenters. The van der Waals surface area contributed by atoms with Crippen LogP contribution < -0.4 is 5.32 Å². The minimum absolute atomic E-state index is 0.000173. The largest absolute Gasteiger partial charge is 0.340 e. The second-order valence-electron chi connectivity index (χ2n) is 7.11. The maximum absolute atomic E-state index is 12.8. The van der Waals surface area contributed by atoms with Crippen molar-refractivity contribution >= 4 is 17.4 Å². The predicted octanol–water partition coefficient (Wildman–Crippen LogP) is 4.02. The summed E-state index contributed by atoms with van der Waals surface area (Å²) in [5, 5.41) is 3.30. The number of likely N-dealkylation sites (tertiary alicyclic amines) is 1. The Kier molecular flexibility index (Phi) is 5.02. The first-order chi connectivity index (χ1) is 11.9. The summed E-state index contributed by atoms with van der Waals surface area (Å²) in [5.41, 5.74) is 3.90. The third-order valence-corrected chi connectivity index (χ3v) is 4.78. The molecule has 3 rings (SSSR count). The molecule has 1 unspecified atom stereocenters. The van der Waals surface area contributed by atoms with Gasteiger partial charge in [0.25, 0.3) is 5.91 Å². The number of piperidine rings is 1. The van der Waals surface area contributed by atoms with Gasteiger partial charge in [-0.3, -0.25) is 4.79 Å². The minimum atomic E-state index is 0.000173. The van der Waals surface area contributed by atoms with Crippen molar-refractivity contribution in [1.82, 2.24) is 14.9 Å². The van der Waals surface area contributed by atoms with Crippen molar-refractivity contribution < 1.29 is 4.79 Å². The Balaban J connectivity index is 1.82. The summed E-state index contributed by atoms with van der Waals surface area (Å²) < 4.78 is 0. The molecule has 1 aromatic heterocycles. The zero-order valence-electron chi connectivity index (χ0n) is 15.5. The number of hydrogen-bond donors (Lipinski definition) is 1. The van der Waals surface area contributed by atoms with Gasteiger partial charge in [-0.25, -0.2) is 9.97 Å². The fraction of sp³-hybridized carbons (Fsp3) is 0.450. The highest BCUT2D eigenvalue weighted by Gasteiger charge is 2.23. The Morgan fingerprint density at radius 3 is 2.68 bits per heavy atom. The summed E-state index contributed by atoms with van der Waals surface area (Å²) >= 11 is 0. The lowest BCUT2D eigenvalue weighted by molar-refractivity contribution is 0.0676. The predicted molar refractivity (Wildman–Crippen MR) is 100 cm³/mol. The number of rotatable bonds is 3. The van der Waals surface area contributed by atoms with E-state index in [4.69, 9.17) is 0 Å². The van der Waals surface area contributed by atoms with E-state index in [0.29, 0.717) is 23.3 Å². The third kappa shape index (κ3) is 4.16. The zero-order valence-corrected chi connectivity index (χ0v) is 15.5. The molecule has 2 heterocycles. The number of nitrogens with zero attached hydrogens (tertiary/aromatic N) is 3. The van der Waals surface area contributed by atoms with Crippen molar-refractivity contribution in [1.29, 1.82) is 0 Å². The highest BCUT2D eigenvalue weighted by atomic mass is 16.2. The Hall–Kier alpha value is -2.43. The molecule has 0 saturated carbocycles. The van der Waals surface area contributed by atoms with E-state index >= 15 is 0 Å². The van der Waals surface area contributed by atoms with Crippen LogP contribution in [-0.4, -0.2) is 33.9 Å². The van der Waals surface area contributed by atoms with Gasteiger partial charge in [-0.05, 0) is 62.8 Å². The molecule has 0 aliphatic carbocycles. The Morgan fingerprint density at radius 2 is 1.96 bits per heavy atom. The van der Waals surface area contributed by atoms with E-state index < -0.39 is 0 Å². The quantitative estimate of drug-likeness (QED) is 0.918. The first kappa shape index (κ1) is 17.4. The summed E-state index contributed by atoms with van der Waals surface area (Å²) in [7, 11) is 0. The number of anilines is 2. The molecule has 1 aliphatic heterocycles.